The summed E-state index contributed by atoms with van der Waals surface area (Å²) in [6, 6.07) is 0. The summed E-state index contributed by atoms with van der Waals surface area (Å²) in [5, 5.41) is 3.40. The van der Waals surface area contributed by atoms with Gasteiger partial charge in [0.25, 0.3) is 0 Å². The molecule has 0 heterocycles. The molecule has 0 unspecified atom stereocenters. The first-order valence-corrected chi connectivity index (χ1v) is 4.83. The zero-order chi connectivity index (χ0) is 8.16. The average molecular weight is 154 g/mol. The molecule has 1 aliphatic rings. The van der Waals surface area contributed by atoms with E-state index in [1.54, 1.807) is 0 Å². The zero-order valence-electron chi connectivity index (χ0n) is 7.66. The van der Waals surface area contributed by atoms with Gasteiger partial charge in [-0.1, -0.05) is 26.2 Å². The summed E-state index contributed by atoms with van der Waals surface area (Å²) in [5.74, 6) is 0. The summed E-state index contributed by atoms with van der Waals surface area (Å²) in [4.78, 5) is 0. The molecule has 1 rings (SSSR count). The van der Waals surface area contributed by atoms with Crippen LogP contribution in [0.25, 0.3) is 0 Å². The van der Waals surface area contributed by atoms with Gasteiger partial charge in [0.05, 0.1) is 0 Å². The van der Waals surface area contributed by atoms with Crippen LogP contribution in [0.4, 0.5) is 0 Å². The van der Waals surface area contributed by atoms with Gasteiger partial charge < -0.3 is 5.32 Å². The molecule has 1 nitrogen and oxygen atoms in total. The molecule has 65 valence electrons. The quantitative estimate of drug-likeness (QED) is 0.658. The number of hydrogen-bond acceptors (Lipinski definition) is 1. The molecular weight excluding hydrogens is 134 g/mol. The van der Waals surface area contributed by atoms with Gasteiger partial charge in [-0.2, -0.15) is 0 Å². The van der Waals surface area contributed by atoms with Crippen LogP contribution in [0.1, 0.15) is 39.0 Å². The third-order valence-electron chi connectivity index (χ3n) is 2.66. The van der Waals surface area contributed by atoms with E-state index in [1.807, 2.05) is 0 Å². The number of rotatable bonds is 3. The third-order valence-corrected chi connectivity index (χ3v) is 2.66. The van der Waals surface area contributed by atoms with Crippen LogP contribution >= 0.6 is 0 Å². The molecule has 0 amide bonds. The number of nitrogens with one attached hydrogen (secondary N) is 1. The highest BCUT2D eigenvalue weighted by atomic mass is 14.9. The van der Waals surface area contributed by atoms with Crippen LogP contribution in [-0.2, 0) is 0 Å². The normalized spacial score (nSPS) is 23.5. The lowest BCUT2D eigenvalue weighted by atomic mass is 9.76. The molecule has 1 fully saturated rings. The van der Waals surface area contributed by atoms with Crippen LogP contribution in [0.5, 0.6) is 0 Å². The van der Waals surface area contributed by atoms with E-state index in [1.165, 1.54) is 32.1 Å². The van der Waals surface area contributed by atoms with E-state index in [9.17, 15) is 0 Å². The van der Waals surface area contributed by atoms with Gasteiger partial charge in [0, 0.05) is 6.54 Å². The minimum absolute atomic E-state index is 0.369. The van der Waals surface area contributed by atoms with Crippen LogP contribution in [0.15, 0.2) is 0 Å². The zero-order valence-corrected chi connectivity index (χ0v) is 7.66. The van der Waals surface area contributed by atoms with Crippen molar-refractivity contribution >= 4 is 0 Å². The Morgan fingerprint density at radius 1 is 1.27 bits per heavy atom. The van der Waals surface area contributed by atoms with Crippen molar-refractivity contribution in [2.24, 2.45) is 5.41 Å². The minimum Gasteiger partial charge on any atom is -0.316 e. The first-order valence-electron chi connectivity index (χ1n) is 4.83. The Morgan fingerprint density at radius 2 is 1.91 bits per heavy atom. The van der Waals surface area contributed by atoms with Crippen LogP contribution in [0, 0.1) is 12.3 Å². The third kappa shape index (κ3) is 2.82. The van der Waals surface area contributed by atoms with Crippen LogP contribution in [-0.4, -0.2) is 13.1 Å². The van der Waals surface area contributed by atoms with E-state index >= 15 is 0 Å². The molecule has 0 atom stereocenters. The molecule has 0 aromatic rings. The first kappa shape index (κ1) is 9.05. The SMILES string of the molecule is [CH2]C1(CNCC)CCCCC1. The highest BCUT2D eigenvalue weighted by Crippen LogP contribution is 2.34. The van der Waals surface area contributed by atoms with Crippen molar-refractivity contribution in [3.8, 4) is 0 Å². The summed E-state index contributed by atoms with van der Waals surface area (Å²) in [6.07, 6.45) is 6.83. The van der Waals surface area contributed by atoms with Gasteiger partial charge >= 0.3 is 0 Å². The van der Waals surface area contributed by atoms with Crippen molar-refractivity contribution < 1.29 is 0 Å². The largest absolute Gasteiger partial charge is 0.316 e. The van der Waals surface area contributed by atoms with E-state index in [4.69, 9.17) is 0 Å². The van der Waals surface area contributed by atoms with E-state index < -0.39 is 0 Å². The Balaban J connectivity index is 2.25. The van der Waals surface area contributed by atoms with Gasteiger partial charge in [-0.15, -0.1) is 0 Å². The molecule has 11 heavy (non-hydrogen) atoms. The summed E-state index contributed by atoms with van der Waals surface area (Å²) < 4.78 is 0. The van der Waals surface area contributed by atoms with Gasteiger partial charge in [-0.25, -0.2) is 0 Å². The Bertz CT molecular complexity index is 103. The van der Waals surface area contributed by atoms with Crippen molar-refractivity contribution in [2.75, 3.05) is 13.1 Å². The second kappa shape index (κ2) is 4.10. The van der Waals surface area contributed by atoms with Crippen molar-refractivity contribution in [2.45, 2.75) is 39.0 Å². The highest BCUT2D eigenvalue weighted by molar-refractivity contribution is 4.86. The van der Waals surface area contributed by atoms with Gasteiger partial charge in [0.2, 0.25) is 0 Å². The van der Waals surface area contributed by atoms with Crippen LogP contribution in [0.2, 0.25) is 0 Å². The van der Waals surface area contributed by atoms with Crippen molar-refractivity contribution in [1.29, 1.82) is 0 Å². The van der Waals surface area contributed by atoms with Gasteiger partial charge in [-0.3, -0.25) is 0 Å². The van der Waals surface area contributed by atoms with Crippen LogP contribution in [0.3, 0.4) is 0 Å². The fraction of sp³-hybridized carbons (Fsp3) is 0.900. The first-order chi connectivity index (χ1) is 5.27. The van der Waals surface area contributed by atoms with E-state index in [2.05, 4.69) is 19.2 Å². The van der Waals surface area contributed by atoms with Crippen molar-refractivity contribution in [1.82, 2.24) is 5.32 Å². The van der Waals surface area contributed by atoms with Gasteiger partial charge in [0.1, 0.15) is 0 Å². The highest BCUT2D eigenvalue weighted by Gasteiger charge is 2.25. The summed E-state index contributed by atoms with van der Waals surface area (Å²) >= 11 is 0. The topological polar surface area (TPSA) is 12.0 Å². The number of hydrogen-bond donors (Lipinski definition) is 1. The van der Waals surface area contributed by atoms with Crippen molar-refractivity contribution in [3.05, 3.63) is 6.92 Å². The molecule has 0 aliphatic heterocycles. The summed E-state index contributed by atoms with van der Waals surface area (Å²) in [6.45, 7) is 8.66. The Morgan fingerprint density at radius 3 is 2.45 bits per heavy atom. The van der Waals surface area contributed by atoms with E-state index in [0.717, 1.165) is 13.1 Å². The van der Waals surface area contributed by atoms with Gasteiger partial charge in [0.15, 0.2) is 0 Å². The Kier molecular flexibility index (Phi) is 3.38. The summed E-state index contributed by atoms with van der Waals surface area (Å²) in [7, 11) is 0. The predicted octanol–water partition coefficient (Wildman–Crippen LogP) is 2.38. The monoisotopic (exact) mass is 154 g/mol. The molecule has 1 N–H and O–H groups in total. The van der Waals surface area contributed by atoms with E-state index in [0.29, 0.717) is 5.41 Å². The molecule has 1 radical (unpaired) electrons. The molecule has 0 aromatic heterocycles. The van der Waals surface area contributed by atoms with Crippen LogP contribution < -0.4 is 5.32 Å². The molecule has 1 aliphatic carbocycles. The van der Waals surface area contributed by atoms with Gasteiger partial charge in [-0.05, 0) is 31.7 Å². The molecule has 0 spiro atoms. The standard InChI is InChI=1S/C10H20N/c1-3-11-9-10(2)7-5-4-6-8-10/h11H,2-9H2,1H3. The smallest absolute Gasteiger partial charge is 0.000769 e. The lowest BCUT2D eigenvalue weighted by molar-refractivity contribution is 0.245. The minimum atomic E-state index is 0.369. The molecule has 1 saturated carbocycles. The maximum Gasteiger partial charge on any atom is 0.000769 e. The summed E-state index contributed by atoms with van der Waals surface area (Å²) in [5.41, 5.74) is 0.369. The fourth-order valence-corrected chi connectivity index (χ4v) is 1.87. The Labute approximate surface area is 70.6 Å². The molecule has 0 aromatic carbocycles. The fourth-order valence-electron chi connectivity index (χ4n) is 1.87. The van der Waals surface area contributed by atoms with E-state index in [-0.39, 0.29) is 0 Å². The van der Waals surface area contributed by atoms with Crippen molar-refractivity contribution in [3.63, 3.8) is 0 Å². The molecule has 1 heteroatoms. The average Bonchev–Trinajstić information content (AvgIpc) is 2.03. The predicted molar refractivity (Wildman–Crippen MR) is 49.4 cm³/mol. The maximum atomic E-state index is 4.30. The second-order valence-electron chi connectivity index (χ2n) is 3.84. The second-order valence-corrected chi connectivity index (χ2v) is 3.84. The maximum absolute atomic E-state index is 4.30. The molecular formula is C10H20N. The molecule has 0 saturated heterocycles. The Hall–Kier alpha value is -0.0400. The lowest BCUT2D eigenvalue weighted by Crippen LogP contribution is -2.33. The molecule has 0 bridgehead atoms. The lowest BCUT2D eigenvalue weighted by Gasteiger charge is -2.33.